The third-order valence-electron chi connectivity index (χ3n) is 3.26. The highest BCUT2D eigenvalue weighted by Crippen LogP contribution is 2.31. The first-order valence-electron chi connectivity index (χ1n) is 5.92. The van der Waals surface area contributed by atoms with Crippen LogP contribution in [0.5, 0.6) is 5.75 Å². The van der Waals surface area contributed by atoms with E-state index in [1.807, 2.05) is 18.2 Å². The van der Waals surface area contributed by atoms with E-state index in [4.69, 9.17) is 15.3 Å². The average molecular weight is 232 g/mol. The Morgan fingerprint density at radius 1 is 1.35 bits per heavy atom. The van der Waals surface area contributed by atoms with Crippen molar-refractivity contribution in [3.8, 4) is 5.75 Å². The van der Waals surface area contributed by atoms with Gasteiger partial charge in [-0.2, -0.15) is 0 Å². The number of nitrogens with two attached hydrogens (primary N) is 1. The second-order valence-corrected chi connectivity index (χ2v) is 4.36. The van der Waals surface area contributed by atoms with Gasteiger partial charge < -0.3 is 9.47 Å². The van der Waals surface area contributed by atoms with Crippen LogP contribution in [-0.4, -0.2) is 18.8 Å². The molecule has 0 radical (unpaired) electrons. The second kappa shape index (κ2) is 4.39. The van der Waals surface area contributed by atoms with Crippen molar-refractivity contribution in [2.24, 2.45) is 5.84 Å². The Morgan fingerprint density at radius 3 is 2.94 bits per heavy atom. The number of nitrogens with one attached hydrogen (secondary N) is 1. The number of hydrogen-bond donors (Lipinski definition) is 2. The average Bonchev–Trinajstić information content (AvgIpc) is 2.98. The van der Waals surface area contributed by atoms with Crippen molar-refractivity contribution in [2.75, 3.05) is 6.61 Å². The fourth-order valence-electron chi connectivity index (χ4n) is 2.42. The SMILES string of the molecule is NNC(C1=CCCO1)C1Cc2ccccc2O1. The van der Waals surface area contributed by atoms with Crippen molar-refractivity contribution >= 4 is 0 Å². The van der Waals surface area contributed by atoms with Crippen molar-refractivity contribution in [1.82, 2.24) is 5.43 Å². The molecular formula is C13H16N2O2. The monoisotopic (exact) mass is 232 g/mol. The topological polar surface area (TPSA) is 56.5 Å². The molecule has 1 aromatic rings. The first kappa shape index (κ1) is 10.6. The van der Waals surface area contributed by atoms with Gasteiger partial charge >= 0.3 is 0 Å². The highest BCUT2D eigenvalue weighted by atomic mass is 16.5. The number of hydrogen-bond acceptors (Lipinski definition) is 4. The minimum Gasteiger partial charge on any atom is -0.496 e. The van der Waals surface area contributed by atoms with Crippen molar-refractivity contribution in [3.05, 3.63) is 41.7 Å². The standard InChI is InChI=1S/C13H16N2O2/c14-15-13(11-6-3-7-16-11)12-8-9-4-1-2-5-10(9)17-12/h1-2,4-6,12-13,15H,3,7-8,14H2. The van der Waals surface area contributed by atoms with Gasteiger partial charge in [-0.3, -0.25) is 5.84 Å². The predicted molar refractivity (Wildman–Crippen MR) is 64.3 cm³/mol. The maximum Gasteiger partial charge on any atom is 0.127 e. The van der Waals surface area contributed by atoms with Crippen LogP contribution in [0.3, 0.4) is 0 Å². The van der Waals surface area contributed by atoms with Gasteiger partial charge in [0.1, 0.15) is 23.7 Å². The molecule has 4 heteroatoms. The summed E-state index contributed by atoms with van der Waals surface area (Å²) in [6.45, 7) is 0.743. The molecule has 90 valence electrons. The molecule has 0 aliphatic carbocycles. The Balaban J connectivity index is 1.78. The van der Waals surface area contributed by atoms with Gasteiger partial charge in [-0.15, -0.1) is 0 Å². The summed E-state index contributed by atoms with van der Waals surface area (Å²) >= 11 is 0. The summed E-state index contributed by atoms with van der Waals surface area (Å²) < 4.78 is 11.5. The molecular weight excluding hydrogens is 216 g/mol. The zero-order valence-corrected chi connectivity index (χ0v) is 9.56. The van der Waals surface area contributed by atoms with Gasteiger partial charge in [0.05, 0.1) is 6.61 Å². The Kier molecular flexibility index (Phi) is 2.74. The smallest absolute Gasteiger partial charge is 0.127 e. The molecule has 3 rings (SSSR count). The van der Waals surface area contributed by atoms with Crippen molar-refractivity contribution in [2.45, 2.75) is 25.0 Å². The minimum atomic E-state index is -0.0649. The number of fused-ring (bicyclic) bond motifs is 1. The summed E-state index contributed by atoms with van der Waals surface area (Å²) in [5, 5.41) is 0. The first-order chi connectivity index (χ1) is 8.38. The summed E-state index contributed by atoms with van der Waals surface area (Å²) in [5.41, 5.74) is 4.04. The van der Waals surface area contributed by atoms with Gasteiger partial charge in [-0.05, 0) is 17.7 Å². The molecule has 1 aromatic carbocycles. The normalized spacial score (nSPS) is 23.6. The summed E-state index contributed by atoms with van der Waals surface area (Å²) in [7, 11) is 0. The van der Waals surface area contributed by atoms with E-state index in [0.717, 1.165) is 31.0 Å². The van der Waals surface area contributed by atoms with Crippen molar-refractivity contribution in [1.29, 1.82) is 0 Å². The van der Waals surface area contributed by atoms with Gasteiger partial charge in [0.15, 0.2) is 0 Å². The number of benzene rings is 1. The lowest BCUT2D eigenvalue weighted by atomic mass is 10.0. The Hall–Kier alpha value is -1.52. The molecule has 3 N–H and O–H groups in total. The predicted octanol–water partition coefficient (Wildman–Crippen LogP) is 1.13. The van der Waals surface area contributed by atoms with Crippen molar-refractivity contribution in [3.63, 3.8) is 0 Å². The van der Waals surface area contributed by atoms with Gasteiger partial charge in [0.25, 0.3) is 0 Å². The van der Waals surface area contributed by atoms with E-state index in [-0.39, 0.29) is 12.1 Å². The first-order valence-corrected chi connectivity index (χ1v) is 5.92. The fourth-order valence-corrected chi connectivity index (χ4v) is 2.42. The van der Waals surface area contributed by atoms with Crippen LogP contribution in [0.15, 0.2) is 36.1 Å². The number of ether oxygens (including phenoxy) is 2. The van der Waals surface area contributed by atoms with Crippen LogP contribution in [0.1, 0.15) is 12.0 Å². The minimum absolute atomic E-state index is 0.0155. The third-order valence-corrected chi connectivity index (χ3v) is 3.26. The van der Waals surface area contributed by atoms with Crippen LogP contribution >= 0.6 is 0 Å². The quantitative estimate of drug-likeness (QED) is 0.606. The van der Waals surface area contributed by atoms with Gasteiger partial charge in [0.2, 0.25) is 0 Å². The fraction of sp³-hybridized carbons (Fsp3) is 0.385. The molecule has 0 fully saturated rings. The van der Waals surface area contributed by atoms with Crippen LogP contribution in [0.2, 0.25) is 0 Å². The number of rotatable bonds is 3. The molecule has 2 aliphatic rings. The zero-order valence-electron chi connectivity index (χ0n) is 9.56. The Labute approximate surface area is 100 Å². The highest BCUT2D eigenvalue weighted by Gasteiger charge is 2.33. The molecule has 2 unspecified atom stereocenters. The summed E-state index contributed by atoms with van der Waals surface area (Å²) in [6, 6.07) is 8.03. The molecule has 2 heterocycles. The molecule has 0 amide bonds. The van der Waals surface area contributed by atoms with Crippen molar-refractivity contribution < 1.29 is 9.47 Å². The molecule has 0 bridgehead atoms. The molecule has 0 saturated carbocycles. The lowest BCUT2D eigenvalue weighted by Crippen LogP contribution is -2.47. The third kappa shape index (κ3) is 1.90. The summed E-state index contributed by atoms with van der Waals surface area (Å²) in [6.07, 6.45) is 3.91. The molecule has 0 aromatic heterocycles. The van der Waals surface area contributed by atoms with Gasteiger partial charge in [0, 0.05) is 12.8 Å². The van der Waals surface area contributed by atoms with E-state index in [1.54, 1.807) is 0 Å². The lowest BCUT2D eigenvalue weighted by molar-refractivity contribution is 0.139. The summed E-state index contributed by atoms with van der Waals surface area (Å²) in [5.74, 6) is 7.48. The largest absolute Gasteiger partial charge is 0.496 e. The van der Waals surface area contributed by atoms with Gasteiger partial charge in [-0.25, -0.2) is 5.43 Å². The summed E-state index contributed by atoms with van der Waals surface area (Å²) in [4.78, 5) is 0. The molecule has 4 nitrogen and oxygen atoms in total. The maximum absolute atomic E-state index is 5.91. The molecule has 2 atom stereocenters. The van der Waals surface area contributed by atoms with Crippen LogP contribution in [0, 0.1) is 0 Å². The van der Waals surface area contributed by atoms with Crippen LogP contribution in [0.4, 0.5) is 0 Å². The number of hydrazine groups is 1. The molecule has 0 spiro atoms. The van der Waals surface area contributed by atoms with E-state index in [9.17, 15) is 0 Å². The van der Waals surface area contributed by atoms with E-state index in [0.29, 0.717) is 0 Å². The van der Waals surface area contributed by atoms with Crippen LogP contribution in [0.25, 0.3) is 0 Å². The van der Waals surface area contributed by atoms with Crippen LogP contribution in [-0.2, 0) is 11.2 Å². The van der Waals surface area contributed by atoms with E-state index < -0.39 is 0 Å². The molecule has 2 aliphatic heterocycles. The highest BCUT2D eigenvalue weighted by molar-refractivity contribution is 5.38. The lowest BCUT2D eigenvalue weighted by Gasteiger charge is -2.23. The Morgan fingerprint density at radius 2 is 2.24 bits per heavy atom. The maximum atomic E-state index is 5.91. The van der Waals surface area contributed by atoms with E-state index in [2.05, 4.69) is 17.6 Å². The van der Waals surface area contributed by atoms with E-state index in [1.165, 1.54) is 5.56 Å². The van der Waals surface area contributed by atoms with Gasteiger partial charge in [-0.1, -0.05) is 18.2 Å². The zero-order chi connectivity index (χ0) is 11.7. The molecule has 0 saturated heterocycles. The number of para-hydroxylation sites is 1. The molecule has 17 heavy (non-hydrogen) atoms. The Bertz CT molecular complexity index is 420. The van der Waals surface area contributed by atoms with E-state index >= 15 is 0 Å². The van der Waals surface area contributed by atoms with Crippen LogP contribution < -0.4 is 16.0 Å². The second-order valence-electron chi connectivity index (χ2n) is 4.36.